The Balaban J connectivity index is 1.81. The van der Waals surface area contributed by atoms with Crippen LogP contribution in [0, 0.1) is 10.1 Å². The minimum Gasteiger partial charge on any atom is -0.350 e. The molecule has 0 saturated carbocycles. The SMILES string of the molecule is O=[N+]([O-])c1cccc(SCCC2OCCO2)c1. The topological polar surface area (TPSA) is 61.6 Å². The van der Waals surface area contributed by atoms with Gasteiger partial charge in [0.1, 0.15) is 0 Å². The van der Waals surface area contributed by atoms with Crippen LogP contribution in [0.25, 0.3) is 0 Å². The second-order valence-corrected chi connectivity index (χ2v) is 4.73. The molecule has 0 spiro atoms. The van der Waals surface area contributed by atoms with Crippen molar-refractivity contribution in [3.05, 3.63) is 34.4 Å². The molecule has 1 heterocycles. The lowest BCUT2D eigenvalue weighted by Gasteiger charge is -2.07. The molecule has 1 aliphatic heterocycles. The zero-order valence-electron chi connectivity index (χ0n) is 9.20. The minimum absolute atomic E-state index is 0.110. The minimum atomic E-state index is -0.382. The van der Waals surface area contributed by atoms with Crippen molar-refractivity contribution >= 4 is 17.4 Å². The number of nitrogens with zero attached hydrogens (tertiary/aromatic N) is 1. The molecule has 2 rings (SSSR count). The first kappa shape index (κ1) is 12.3. The van der Waals surface area contributed by atoms with Crippen molar-refractivity contribution in [3.63, 3.8) is 0 Å². The predicted octanol–water partition coefficient (Wildman–Crippen LogP) is 2.45. The zero-order valence-corrected chi connectivity index (χ0v) is 10.0. The van der Waals surface area contributed by atoms with E-state index in [4.69, 9.17) is 9.47 Å². The maximum Gasteiger partial charge on any atom is 0.270 e. The van der Waals surface area contributed by atoms with E-state index in [0.29, 0.717) is 13.2 Å². The van der Waals surface area contributed by atoms with Gasteiger partial charge in [-0.2, -0.15) is 0 Å². The molecule has 0 unspecified atom stereocenters. The number of non-ortho nitro benzene ring substituents is 1. The predicted molar refractivity (Wildman–Crippen MR) is 64.1 cm³/mol. The molecule has 1 aliphatic rings. The van der Waals surface area contributed by atoms with Crippen LogP contribution in [0.2, 0.25) is 0 Å². The van der Waals surface area contributed by atoms with Crippen LogP contribution in [0.4, 0.5) is 5.69 Å². The summed E-state index contributed by atoms with van der Waals surface area (Å²) in [6.07, 6.45) is 0.689. The van der Waals surface area contributed by atoms with Crippen molar-refractivity contribution < 1.29 is 14.4 Å². The van der Waals surface area contributed by atoms with Crippen LogP contribution >= 0.6 is 11.8 Å². The number of hydrogen-bond acceptors (Lipinski definition) is 5. The fraction of sp³-hybridized carbons (Fsp3) is 0.455. The number of nitro benzene ring substituents is 1. The fourth-order valence-electron chi connectivity index (χ4n) is 1.53. The lowest BCUT2D eigenvalue weighted by Crippen LogP contribution is -2.08. The maximum atomic E-state index is 10.6. The Labute approximate surface area is 103 Å². The molecule has 17 heavy (non-hydrogen) atoms. The van der Waals surface area contributed by atoms with Gasteiger partial charge in [0.15, 0.2) is 6.29 Å². The second kappa shape index (κ2) is 6.00. The van der Waals surface area contributed by atoms with E-state index in [-0.39, 0.29) is 16.9 Å². The van der Waals surface area contributed by atoms with Gasteiger partial charge in [-0.1, -0.05) is 6.07 Å². The van der Waals surface area contributed by atoms with Gasteiger partial charge in [0.05, 0.1) is 18.1 Å². The molecule has 0 N–H and O–H groups in total. The molecule has 1 fully saturated rings. The van der Waals surface area contributed by atoms with Crippen LogP contribution in [0.15, 0.2) is 29.2 Å². The second-order valence-electron chi connectivity index (χ2n) is 3.56. The standard InChI is InChI=1S/C11H13NO4S/c13-12(14)9-2-1-3-10(8-9)17-7-4-11-15-5-6-16-11/h1-3,8,11H,4-7H2. The summed E-state index contributed by atoms with van der Waals surface area (Å²) >= 11 is 1.57. The highest BCUT2D eigenvalue weighted by Crippen LogP contribution is 2.24. The van der Waals surface area contributed by atoms with E-state index in [0.717, 1.165) is 17.1 Å². The molecular weight excluding hydrogens is 242 g/mol. The summed E-state index contributed by atoms with van der Waals surface area (Å²) in [5.74, 6) is 0.825. The molecular formula is C11H13NO4S. The van der Waals surface area contributed by atoms with Crippen LogP contribution in [0.1, 0.15) is 6.42 Å². The van der Waals surface area contributed by atoms with E-state index in [9.17, 15) is 10.1 Å². The third kappa shape index (κ3) is 3.69. The van der Waals surface area contributed by atoms with Crippen molar-refractivity contribution in [2.75, 3.05) is 19.0 Å². The van der Waals surface area contributed by atoms with Crippen molar-refractivity contribution in [2.24, 2.45) is 0 Å². The summed E-state index contributed by atoms with van der Waals surface area (Å²) in [5, 5.41) is 10.6. The zero-order chi connectivity index (χ0) is 12.1. The lowest BCUT2D eigenvalue weighted by atomic mass is 10.3. The first-order valence-electron chi connectivity index (χ1n) is 5.36. The maximum absolute atomic E-state index is 10.6. The average Bonchev–Trinajstić information content (AvgIpc) is 2.82. The van der Waals surface area contributed by atoms with Gasteiger partial charge in [-0.3, -0.25) is 10.1 Å². The number of benzene rings is 1. The number of hydrogen-bond donors (Lipinski definition) is 0. The van der Waals surface area contributed by atoms with E-state index in [2.05, 4.69) is 0 Å². The Morgan fingerprint density at radius 2 is 2.18 bits per heavy atom. The number of rotatable bonds is 5. The molecule has 0 aromatic heterocycles. The molecule has 0 radical (unpaired) electrons. The highest BCUT2D eigenvalue weighted by molar-refractivity contribution is 7.99. The van der Waals surface area contributed by atoms with Gasteiger partial charge in [0, 0.05) is 29.2 Å². The van der Waals surface area contributed by atoms with Gasteiger partial charge in [0.2, 0.25) is 0 Å². The quantitative estimate of drug-likeness (QED) is 0.459. The Hall–Kier alpha value is -1.11. The van der Waals surface area contributed by atoms with Gasteiger partial charge in [0.25, 0.3) is 5.69 Å². The summed E-state index contributed by atoms with van der Waals surface area (Å²) < 4.78 is 10.6. The van der Waals surface area contributed by atoms with Gasteiger partial charge < -0.3 is 9.47 Å². The summed E-state index contributed by atoms with van der Waals surface area (Å²) in [5.41, 5.74) is 0.128. The molecule has 92 valence electrons. The first-order valence-corrected chi connectivity index (χ1v) is 6.35. The van der Waals surface area contributed by atoms with Crippen molar-refractivity contribution in [1.29, 1.82) is 0 Å². The van der Waals surface area contributed by atoms with Crippen LogP contribution in [-0.2, 0) is 9.47 Å². The number of thioether (sulfide) groups is 1. The Kier molecular flexibility index (Phi) is 4.36. The summed E-state index contributed by atoms with van der Waals surface area (Å²) in [6.45, 7) is 1.32. The third-order valence-corrected chi connectivity index (χ3v) is 3.37. The van der Waals surface area contributed by atoms with Gasteiger partial charge in [-0.05, 0) is 6.07 Å². The van der Waals surface area contributed by atoms with E-state index >= 15 is 0 Å². The Bertz CT molecular complexity index is 393. The smallest absolute Gasteiger partial charge is 0.270 e. The van der Waals surface area contributed by atoms with Gasteiger partial charge in [-0.25, -0.2) is 0 Å². The normalized spacial score (nSPS) is 16.2. The Morgan fingerprint density at radius 3 is 2.88 bits per heavy atom. The Morgan fingerprint density at radius 1 is 1.41 bits per heavy atom. The molecule has 1 aromatic rings. The van der Waals surface area contributed by atoms with E-state index in [1.54, 1.807) is 23.9 Å². The third-order valence-electron chi connectivity index (χ3n) is 2.34. The number of ether oxygens (including phenoxy) is 2. The van der Waals surface area contributed by atoms with Crippen LogP contribution in [0.3, 0.4) is 0 Å². The molecule has 1 saturated heterocycles. The first-order chi connectivity index (χ1) is 8.25. The van der Waals surface area contributed by atoms with E-state index in [1.165, 1.54) is 6.07 Å². The van der Waals surface area contributed by atoms with E-state index in [1.807, 2.05) is 6.07 Å². The van der Waals surface area contributed by atoms with Crippen molar-refractivity contribution in [1.82, 2.24) is 0 Å². The van der Waals surface area contributed by atoms with Gasteiger partial charge >= 0.3 is 0 Å². The molecule has 0 amide bonds. The lowest BCUT2D eigenvalue weighted by molar-refractivity contribution is -0.385. The molecule has 1 aromatic carbocycles. The molecule has 0 bridgehead atoms. The summed E-state index contributed by atoms with van der Waals surface area (Å²) in [6, 6.07) is 6.64. The van der Waals surface area contributed by atoms with Gasteiger partial charge in [-0.15, -0.1) is 11.8 Å². The van der Waals surface area contributed by atoms with E-state index < -0.39 is 0 Å². The van der Waals surface area contributed by atoms with Crippen molar-refractivity contribution in [2.45, 2.75) is 17.6 Å². The summed E-state index contributed by atoms with van der Waals surface area (Å²) in [7, 11) is 0. The molecule has 0 atom stereocenters. The summed E-state index contributed by atoms with van der Waals surface area (Å²) in [4.78, 5) is 11.1. The van der Waals surface area contributed by atoms with Crippen LogP contribution in [0.5, 0.6) is 0 Å². The molecule has 5 nitrogen and oxygen atoms in total. The fourth-order valence-corrected chi connectivity index (χ4v) is 2.46. The number of nitro groups is 1. The largest absolute Gasteiger partial charge is 0.350 e. The average molecular weight is 255 g/mol. The highest BCUT2D eigenvalue weighted by Gasteiger charge is 2.15. The molecule has 6 heteroatoms. The molecule has 0 aliphatic carbocycles. The highest BCUT2D eigenvalue weighted by atomic mass is 32.2. The van der Waals surface area contributed by atoms with Crippen LogP contribution < -0.4 is 0 Å². The monoisotopic (exact) mass is 255 g/mol. The van der Waals surface area contributed by atoms with Crippen molar-refractivity contribution in [3.8, 4) is 0 Å². The van der Waals surface area contributed by atoms with Crippen LogP contribution in [-0.4, -0.2) is 30.2 Å².